The first kappa shape index (κ1) is 10.4. The van der Waals surface area contributed by atoms with Crippen molar-refractivity contribution in [1.82, 2.24) is 15.1 Å². The molecule has 1 saturated carbocycles. The van der Waals surface area contributed by atoms with Crippen molar-refractivity contribution in [2.24, 2.45) is 0 Å². The highest BCUT2D eigenvalue weighted by Gasteiger charge is 2.34. The van der Waals surface area contributed by atoms with E-state index in [9.17, 15) is 9.59 Å². The zero-order valence-electron chi connectivity index (χ0n) is 9.03. The van der Waals surface area contributed by atoms with Gasteiger partial charge in [0.1, 0.15) is 0 Å². The number of rotatable bonds is 1. The summed E-state index contributed by atoms with van der Waals surface area (Å²) >= 11 is 0. The number of likely N-dealkylation sites (N-methyl/N-ethyl adjacent to an activating group) is 1. The quantitative estimate of drug-likeness (QED) is 0.568. The highest BCUT2D eigenvalue weighted by Crippen LogP contribution is 2.25. The number of piperazine rings is 1. The van der Waals surface area contributed by atoms with Gasteiger partial charge in [-0.05, 0) is 12.8 Å². The second-order valence-corrected chi connectivity index (χ2v) is 4.19. The molecule has 1 heterocycles. The van der Waals surface area contributed by atoms with Crippen molar-refractivity contribution in [3.05, 3.63) is 0 Å². The Bertz CT molecular complexity index is 270. The molecule has 5 heteroatoms. The standard InChI is InChI=1S/C10H17N3O2/c1-12(8-2-3-8)9(14)10(15)13-6-4-11-5-7-13/h8,11H,2-7H2,1H3. The van der Waals surface area contributed by atoms with E-state index in [0.717, 1.165) is 25.9 Å². The van der Waals surface area contributed by atoms with E-state index < -0.39 is 0 Å². The smallest absolute Gasteiger partial charge is 0.312 e. The van der Waals surface area contributed by atoms with Gasteiger partial charge in [0, 0.05) is 39.3 Å². The summed E-state index contributed by atoms with van der Waals surface area (Å²) in [6, 6.07) is 0.310. The van der Waals surface area contributed by atoms with Crippen molar-refractivity contribution in [3.8, 4) is 0 Å². The predicted molar refractivity (Wildman–Crippen MR) is 55.2 cm³/mol. The van der Waals surface area contributed by atoms with Crippen LogP contribution in [0.1, 0.15) is 12.8 Å². The number of hydrogen-bond acceptors (Lipinski definition) is 3. The molecule has 0 aromatic carbocycles. The fourth-order valence-corrected chi connectivity index (χ4v) is 1.78. The summed E-state index contributed by atoms with van der Waals surface area (Å²) in [5.41, 5.74) is 0. The van der Waals surface area contributed by atoms with E-state index in [2.05, 4.69) is 5.32 Å². The third-order valence-corrected chi connectivity index (χ3v) is 3.00. The SMILES string of the molecule is CN(C(=O)C(=O)N1CCNCC1)C1CC1. The van der Waals surface area contributed by atoms with Crippen LogP contribution in [0, 0.1) is 0 Å². The van der Waals surface area contributed by atoms with Crippen LogP contribution in [0.25, 0.3) is 0 Å². The Morgan fingerprint density at radius 1 is 1.27 bits per heavy atom. The molecule has 1 aliphatic heterocycles. The Morgan fingerprint density at radius 2 is 1.87 bits per heavy atom. The molecule has 5 nitrogen and oxygen atoms in total. The van der Waals surface area contributed by atoms with Gasteiger partial charge in [0.25, 0.3) is 0 Å². The number of nitrogens with zero attached hydrogens (tertiary/aromatic N) is 2. The molecule has 2 fully saturated rings. The monoisotopic (exact) mass is 211 g/mol. The van der Waals surface area contributed by atoms with E-state index in [-0.39, 0.29) is 11.8 Å². The Morgan fingerprint density at radius 3 is 2.40 bits per heavy atom. The van der Waals surface area contributed by atoms with Crippen LogP contribution in [0.15, 0.2) is 0 Å². The average molecular weight is 211 g/mol. The highest BCUT2D eigenvalue weighted by molar-refractivity contribution is 6.35. The van der Waals surface area contributed by atoms with Crippen LogP contribution in [0.3, 0.4) is 0 Å². The summed E-state index contributed by atoms with van der Waals surface area (Å²) in [5.74, 6) is -0.690. The summed E-state index contributed by atoms with van der Waals surface area (Å²) in [4.78, 5) is 26.7. The van der Waals surface area contributed by atoms with Crippen LogP contribution in [-0.2, 0) is 9.59 Å². The average Bonchev–Trinajstić information content (AvgIpc) is 3.11. The van der Waals surface area contributed by atoms with Gasteiger partial charge in [0.05, 0.1) is 0 Å². The maximum Gasteiger partial charge on any atom is 0.312 e. The minimum Gasteiger partial charge on any atom is -0.335 e. The molecule has 0 unspecified atom stereocenters. The van der Waals surface area contributed by atoms with Crippen LogP contribution in [0.5, 0.6) is 0 Å². The van der Waals surface area contributed by atoms with Crippen molar-refractivity contribution < 1.29 is 9.59 Å². The first-order valence-electron chi connectivity index (χ1n) is 5.47. The summed E-state index contributed by atoms with van der Waals surface area (Å²) < 4.78 is 0. The lowest BCUT2D eigenvalue weighted by Crippen LogP contribution is -2.51. The molecule has 2 amide bonds. The van der Waals surface area contributed by atoms with Gasteiger partial charge in [-0.2, -0.15) is 0 Å². The predicted octanol–water partition coefficient (Wildman–Crippen LogP) is -0.961. The number of nitrogens with one attached hydrogen (secondary N) is 1. The van der Waals surface area contributed by atoms with Gasteiger partial charge in [-0.15, -0.1) is 0 Å². The molecular formula is C10H17N3O2. The third-order valence-electron chi connectivity index (χ3n) is 3.00. The Labute approximate surface area is 89.4 Å². The lowest BCUT2D eigenvalue weighted by atomic mass is 10.3. The largest absolute Gasteiger partial charge is 0.335 e. The maximum atomic E-state index is 11.8. The van der Waals surface area contributed by atoms with Crippen LogP contribution in [0.2, 0.25) is 0 Å². The molecule has 0 spiro atoms. The fourth-order valence-electron chi connectivity index (χ4n) is 1.78. The molecule has 1 saturated heterocycles. The van der Waals surface area contributed by atoms with Crippen LogP contribution in [0.4, 0.5) is 0 Å². The van der Waals surface area contributed by atoms with E-state index in [1.807, 2.05) is 0 Å². The normalized spacial score (nSPS) is 21.3. The van der Waals surface area contributed by atoms with E-state index in [1.54, 1.807) is 16.8 Å². The van der Waals surface area contributed by atoms with Crippen LogP contribution < -0.4 is 5.32 Å². The lowest BCUT2D eigenvalue weighted by Gasteiger charge is -2.28. The Kier molecular flexibility index (Phi) is 2.90. The van der Waals surface area contributed by atoms with Crippen LogP contribution in [-0.4, -0.2) is 60.9 Å². The Hall–Kier alpha value is -1.10. The highest BCUT2D eigenvalue weighted by atomic mass is 16.2. The second kappa shape index (κ2) is 4.18. The lowest BCUT2D eigenvalue weighted by molar-refractivity contribution is -0.151. The van der Waals surface area contributed by atoms with Gasteiger partial charge in [0.2, 0.25) is 0 Å². The molecule has 2 rings (SSSR count). The van der Waals surface area contributed by atoms with E-state index in [0.29, 0.717) is 19.1 Å². The van der Waals surface area contributed by atoms with Crippen molar-refractivity contribution in [2.75, 3.05) is 33.2 Å². The molecule has 15 heavy (non-hydrogen) atoms. The number of amides is 2. The summed E-state index contributed by atoms with van der Waals surface area (Å²) in [5, 5.41) is 3.15. The van der Waals surface area contributed by atoms with Crippen molar-refractivity contribution in [1.29, 1.82) is 0 Å². The van der Waals surface area contributed by atoms with Gasteiger partial charge >= 0.3 is 11.8 Å². The zero-order chi connectivity index (χ0) is 10.8. The molecule has 0 bridgehead atoms. The minimum absolute atomic E-state index is 0.310. The topological polar surface area (TPSA) is 52.7 Å². The number of carbonyl (C=O) groups excluding carboxylic acids is 2. The first-order valence-corrected chi connectivity index (χ1v) is 5.47. The zero-order valence-corrected chi connectivity index (χ0v) is 9.03. The van der Waals surface area contributed by atoms with Crippen molar-refractivity contribution in [3.63, 3.8) is 0 Å². The second-order valence-electron chi connectivity index (χ2n) is 4.19. The van der Waals surface area contributed by atoms with E-state index in [4.69, 9.17) is 0 Å². The van der Waals surface area contributed by atoms with Gasteiger partial charge in [-0.3, -0.25) is 9.59 Å². The molecule has 84 valence electrons. The number of carbonyl (C=O) groups is 2. The fraction of sp³-hybridized carbons (Fsp3) is 0.800. The third kappa shape index (κ3) is 2.28. The molecule has 0 aromatic heterocycles. The molecule has 1 N–H and O–H groups in total. The molecular weight excluding hydrogens is 194 g/mol. The van der Waals surface area contributed by atoms with Gasteiger partial charge in [0.15, 0.2) is 0 Å². The summed E-state index contributed by atoms with van der Waals surface area (Å²) in [7, 11) is 1.72. The molecule has 1 aliphatic carbocycles. The van der Waals surface area contributed by atoms with E-state index in [1.165, 1.54) is 0 Å². The van der Waals surface area contributed by atoms with Gasteiger partial charge in [-0.25, -0.2) is 0 Å². The maximum absolute atomic E-state index is 11.8. The molecule has 2 aliphatic rings. The number of hydrogen-bond donors (Lipinski definition) is 1. The summed E-state index contributed by atoms with van der Waals surface area (Å²) in [6.45, 7) is 2.85. The molecule has 0 radical (unpaired) electrons. The summed E-state index contributed by atoms with van der Waals surface area (Å²) in [6.07, 6.45) is 2.08. The first-order chi connectivity index (χ1) is 7.20. The van der Waals surface area contributed by atoms with E-state index >= 15 is 0 Å². The van der Waals surface area contributed by atoms with Crippen molar-refractivity contribution in [2.45, 2.75) is 18.9 Å². The van der Waals surface area contributed by atoms with Crippen molar-refractivity contribution >= 4 is 11.8 Å². The van der Waals surface area contributed by atoms with Gasteiger partial charge < -0.3 is 15.1 Å². The van der Waals surface area contributed by atoms with Crippen LogP contribution >= 0.6 is 0 Å². The molecule has 0 aromatic rings. The molecule has 0 atom stereocenters. The Balaban J connectivity index is 1.90. The minimum atomic E-state index is -0.348. The van der Waals surface area contributed by atoms with Gasteiger partial charge in [-0.1, -0.05) is 0 Å².